The average Bonchev–Trinajstić information content (AvgIpc) is 3.67. The fourth-order valence-electron chi connectivity index (χ4n) is 4.64. The van der Waals surface area contributed by atoms with Gasteiger partial charge in [-0.3, -0.25) is 14.0 Å². The number of amides is 1. The Labute approximate surface area is 222 Å². The normalized spacial score (nSPS) is 15.1. The van der Waals surface area contributed by atoms with Gasteiger partial charge < -0.3 is 9.47 Å². The molecular formula is C29H24N4O4S. The fraction of sp³-hybridized carbons (Fsp3) is 0.172. The maximum atomic E-state index is 13.3. The number of rotatable bonds is 7. The highest BCUT2D eigenvalue weighted by Gasteiger charge is 2.33. The summed E-state index contributed by atoms with van der Waals surface area (Å²) in [4.78, 5) is 31.0. The zero-order valence-electron chi connectivity index (χ0n) is 20.6. The lowest BCUT2D eigenvalue weighted by atomic mass is 9.97. The fourth-order valence-corrected chi connectivity index (χ4v) is 5.36. The third-order valence-corrected chi connectivity index (χ3v) is 7.35. The van der Waals surface area contributed by atoms with Gasteiger partial charge in [0.05, 0.1) is 31.0 Å². The van der Waals surface area contributed by atoms with Gasteiger partial charge in [0.2, 0.25) is 0 Å². The Hall–Kier alpha value is -4.50. The summed E-state index contributed by atoms with van der Waals surface area (Å²) in [5.74, 6) is -0.169. The van der Waals surface area contributed by atoms with E-state index in [9.17, 15) is 9.59 Å². The van der Waals surface area contributed by atoms with Crippen molar-refractivity contribution in [2.45, 2.75) is 18.9 Å². The number of nitrogens with zero attached hydrogens (tertiary/aromatic N) is 4. The number of thiazole rings is 1. The molecule has 3 aromatic carbocycles. The number of imidazole rings is 1. The Morgan fingerprint density at radius 1 is 1.05 bits per heavy atom. The molecule has 0 aliphatic carbocycles. The molecule has 1 amide bonds. The molecule has 0 N–H and O–H groups in total. The molecule has 0 bridgehead atoms. The standard InChI is InChI=1S/C29H24N4O4S/c1-36-24-10-8-20(9-11-24)26-16-25(22-7-6-19-4-2-3-5-21(19)14-22)31-33(26)27(34)18-37-28(35)15-23-17-32-12-13-38-29(32)30-23/h2-14,17,26H,15-16,18H2,1H3. The van der Waals surface area contributed by atoms with E-state index in [-0.39, 0.29) is 18.4 Å². The molecule has 190 valence electrons. The first kappa shape index (κ1) is 23.9. The summed E-state index contributed by atoms with van der Waals surface area (Å²) in [7, 11) is 1.61. The summed E-state index contributed by atoms with van der Waals surface area (Å²) < 4.78 is 12.5. The van der Waals surface area contributed by atoms with Crippen LogP contribution in [0.1, 0.15) is 29.3 Å². The van der Waals surface area contributed by atoms with Gasteiger partial charge in [-0.15, -0.1) is 11.3 Å². The van der Waals surface area contributed by atoms with Crippen LogP contribution in [0.5, 0.6) is 5.75 Å². The van der Waals surface area contributed by atoms with Crippen LogP contribution < -0.4 is 4.74 Å². The van der Waals surface area contributed by atoms with Crippen molar-refractivity contribution in [1.29, 1.82) is 0 Å². The van der Waals surface area contributed by atoms with Gasteiger partial charge in [-0.25, -0.2) is 9.99 Å². The number of hydrazone groups is 1. The Bertz CT molecular complexity index is 1640. The van der Waals surface area contributed by atoms with Crippen molar-refractivity contribution in [3.8, 4) is 5.75 Å². The van der Waals surface area contributed by atoms with E-state index in [0.29, 0.717) is 12.1 Å². The predicted molar refractivity (Wildman–Crippen MR) is 145 cm³/mol. The summed E-state index contributed by atoms with van der Waals surface area (Å²) in [5, 5.41) is 10.3. The molecule has 0 spiro atoms. The van der Waals surface area contributed by atoms with Crippen LogP contribution in [-0.2, 0) is 20.7 Å². The first-order valence-corrected chi connectivity index (χ1v) is 13.0. The SMILES string of the molecule is COc1ccc(C2CC(c3ccc4ccccc4c3)=NN2C(=O)COC(=O)Cc2cn3ccsc3n2)cc1. The van der Waals surface area contributed by atoms with Gasteiger partial charge in [0.25, 0.3) is 5.91 Å². The molecule has 0 radical (unpaired) electrons. The number of carbonyl (C=O) groups is 2. The van der Waals surface area contributed by atoms with Crippen molar-refractivity contribution in [1.82, 2.24) is 14.4 Å². The third kappa shape index (κ3) is 4.76. The van der Waals surface area contributed by atoms with E-state index < -0.39 is 12.6 Å². The van der Waals surface area contributed by atoms with E-state index in [2.05, 4.69) is 29.2 Å². The second-order valence-corrected chi connectivity index (χ2v) is 9.88. The van der Waals surface area contributed by atoms with E-state index in [1.54, 1.807) is 13.3 Å². The van der Waals surface area contributed by atoms with Crippen molar-refractivity contribution in [2.75, 3.05) is 13.7 Å². The Balaban J connectivity index is 1.21. The van der Waals surface area contributed by atoms with Gasteiger partial charge in [0.15, 0.2) is 11.6 Å². The number of benzene rings is 3. The number of hydrogen-bond acceptors (Lipinski definition) is 7. The first-order chi connectivity index (χ1) is 18.6. The monoisotopic (exact) mass is 524 g/mol. The molecule has 0 saturated carbocycles. The highest BCUT2D eigenvalue weighted by atomic mass is 32.1. The Morgan fingerprint density at radius 3 is 2.66 bits per heavy atom. The maximum Gasteiger partial charge on any atom is 0.312 e. The van der Waals surface area contributed by atoms with Crippen LogP contribution in [0.15, 0.2) is 89.6 Å². The third-order valence-electron chi connectivity index (χ3n) is 6.57. The molecule has 1 unspecified atom stereocenters. The van der Waals surface area contributed by atoms with Gasteiger partial charge in [-0.1, -0.05) is 48.5 Å². The molecule has 5 aromatic rings. The van der Waals surface area contributed by atoms with Crippen molar-refractivity contribution in [2.24, 2.45) is 5.10 Å². The Morgan fingerprint density at radius 2 is 1.87 bits per heavy atom. The van der Waals surface area contributed by atoms with Gasteiger partial charge in [0.1, 0.15) is 5.75 Å². The topological polar surface area (TPSA) is 85.5 Å². The van der Waals surface area contributed by atoms with Gasteiger partial charge in [-0.2, -0.15) is 5.10 Å². The minimum Gasteiger partial charge on any atom is -0.497 e. The van der Waals surface area contributed by atoms with Crippen LogP contribution in [0.3, 0.4) is 0 Å². The van der Waals surface area contributed by atoms with Crippen LogP contribution in [-0.4, -0.2) is 45.7 Å². The smallest absolute Gasteiger partial charge is 0.312 e. The predicted octanol–water partition coefficient (Wildman–Crippen LogP) is 5.02. The van der Waals surface area contributed by atoms with Crippen LogP contribution in [0.2, 0.25) is 0 Å². The molecule has 1 aliphatic heterocycles. The minimum atomic E-state index is -0.511. The molecule has 6 rings (SSSR count). The van der Waals surface area contributed by atoms with Gasteiger partial charge in [-0.05, 0) is 40.1 Å². The van der Waals surface area contributed by atoms with Gasteiger partial charge >= 0.3 is 5.97 Å². The van der Waals surface area contributed by atoms with Crippen molar-refractivity contribution < 1.29 is 19.1 Å². The van der Waals surface area contributed by atoms with Crippen molar-refractivity contribution in [3.63, 3.8) is 0 Å². The van der Waals surface area contributed by atoms with Crippen LogP contribution in [0.4, 0.5) is 0 Å². The Kier molecular flexibility index (Phi) is 6.35. The van der Waals surface area contributed by atoms with E-state index in [4.69, 9.17) is 14.6 Å². The lowest BCUT2D eigenvalue weighted by Gasteiger charge is -2.22. The number of hydrogen-bond donors (Lipinski definition) is 0. The van der Waals surface area contributed by atoms with E-state index >= 15 is 0 Å². The largest absolute Gasteiger partial charge is 0.497 e. The average molecular weight is 525 g/mol. The quantitative estimate of drug-likeness (QED) is 0.279. The molecule has 1 aliphatic rings. The first-order valence-electron chi connectivity index (χ1n) is 12.2. The summed E-state index contributed by atoms with van der Waals surface area (Å²) >= 11 is 1.49. The summed E-state index contributed by atoms with van der Waals surface area (Å²) in [5.41, 5.74) is 3.27. The number of methoxy groups -OCH3 is 1. The minimum absolute atomic E-state index is 0.00477. The van der Waals surface area contributed by atoms with E-state index in [0.717, 1.165) is 38.3 Å². The second-order valence-electron chi connectivity index (χ2n) is 9.00. The maximum absolute atomic E-state index is 13.3. The molecule has 3 heterocycles. The van der Waals surface area contributed by atoms with Gasteiger partial charge in [0, 0.05) is 24.2 Å². The molecule has 38 heavy (non-hydrogen) atoms. The number of esters is 1. The second kappa shape index (κ2) is 10.1. The zero-order valence-corrected chi connectivity index (χ0v) is 21.4. The number of ether oxygens (including phenoxy) is 2. The van der Waals surface area contributed by atoms with E-state index in [1.807, 2.05) is 58.4 Å². The zero-order chi connectivity index (χ0) is 26.1. The summed E-state index contributed by atoms with van der Waals surface area (Å²) in [6.07, 6.45) is 4.20. The van der Waals surface area contributed by atoms with Crippen LogP contribution >= 0.6 is 11.3 Å². The molecular weight excluding hydrogens is 500 g/mol. The highest BCUT2D eigenvalue weighted by Crippen LogP contribution is 2.34. The molecule has 9 heteroatoms. The summed E-state index contributed by atoms with van der Waals surface area (Å²) in [6.45, 7) is -0.401. The molecule has 2 aromatic heterocycles. The number of carbonyl (C=O) groups excluding carboxylic acids is 2. The van der Waals surface area contributed by atoms with E-state index in [1.165, 1.54) is 16.3 Å². The molecule has 8 nitrogen and oxygen atoms in total. The number of fused-ring (bicyclic) bond motifs is 2. The molecule has 0 saturated heterocycles. The summed E-state index contributed by atoms with van der Waals surface area (Å²) in [6, 6.07) is 21.6. The number of aromatic nitrogens is 2. The van der Waals surface area contributed by atoms with Crippen molar-refractivity contribution >= 4 is 44.7 Å². The molecule has 1 atom stereocenters. The lowest BCUT2D eigenvalue weighted by Crippen LogP contribution is -2.31. The van der Waals surface area contributed by atoms with Crippen LogP contribution in [0, 0.1) is 0 Å². The molecule has 0 fully saturated rings. The lowest BCUT2D eigenvalue weighted by molar-refractivity contribution is -0.152. The van der Waals surface area contributed by atoms with Crippen LogP contribution in [0.25, 0.3) is 15.7 Å². The van der Waals surface area contributed by atoms with Crippen molar-refractivity contribution in [3.05, 3.63) is 101 Å². The highest BCUT2D eigenvalue weighted by molar-refractivity contribution is 7.15.